The molecule has 0 bridgehead atoms. The fraction of sp³-hybridized carbons (Fsp3) is 0.320. The van der Waals surface area contributed by atoms with Gasteiger partial charge in [-0.15, -0.1) is 0 Å². The van der Waals surface area contributed by atoms with E-state index in [0.29, 0.717) is 41.8 Å². The van der Waals surface area contributed by atoms with Gasteiger partial charge in [0.05, 0.1) is 24.5 Å². The molecule has 0 N–H and O–H groups in total. The molecule has 7 nitrogen and oxygen atoms in total. The summed E-state index contributed by atoms with van der Waals surface area (Å²) in [5, 5.41) is 0.691. The van der Waals surface area contributed by atoms with Gasteiger partial charge in [-0.1, -0.05) is 17.7 Å². The topological polar surface area (TPSA) is 76.9 Å². The summed E-state index contributed by atoms with van der Waals surface area (Å²) in [5.41, 5.74) is 7.86. The Morgan fingerprint density at radius 3 is 2.58 bits per heavy atom. The summed E-state index contributed by atoms with van der Waals surface area (Å²) in [6, 6.07) is 9.87. The molecule has 1 aromatic carbocycles. The van der Waals surface area contributed by atoms with Crippen LogP contribution in [0.4, 0.5) is 5.95 Å². The highest BCUT2D eigenvalue weighted by Crippen LogP contribution is 2.32. The number of hydrogen-bond donors (Lipinski definition) is 0. The molecule has 8 heteroatoms. The van der Waals surface area contributed by atoms with Gasteiger partial charge in [-0.25, -0.2) is 15.0 Å². The van der Waals surface area contributed by atoms with Crippen molar-refractivity contribution in [2.45, 2.75) is 33.8 Å². The third-order valence-electron chi connectivity index (χ3n) is 6.02. The summed E-state index contributed by atoms with van der Waals surface area (Å²) >= 11 is 6.22. The van der Waals surface area contributed by atoms with Crippen LogP contribution in [-0.2, 0) is 4.74 Å². The second kappa shape index (κ2) is 8.65. The Balaban J connectivity index is 1.62. The van der Waals surface area contributed by atoms with E-state index in [4.69, 9.17) is 36.3 Å². The van der Waals surface area contributed by atoms with Gasteiger partial charge in [0.2, 0.25) is 5.95 Å². The predicted molar refractivity (Wildman–Crippen MR) is 130 cm³/mol. The van der Waals surface area contributed by atoms with Gasteiger partial charge in [0.1, 0.15) is 17.3 Å². The van der Waals surface area contributed by atoms with Gasteiger partial charge >= 0.3 is 0 Å². The van der Waals surface area contributed by atoms with Gasteiger partial charge in [0.15, 0.2) is 5.65 Å². The molecule has 0 spiro atoms. The Kier molecular flexibility index (Phi) is 5.68. The molecule has 5 rings (SSSR count). The molecule has 4 aromatic rings. The van der Waals surface area contributed by atoms with Crippen molar-refractivity contribution < 1.29 is 4.74 Å². The Labute approximate surface area is 197 Å². The quantitative estimate of drug-likeness (QED) is 0.428. The first kappa shape index (κ1) is 21.7. The zero-order valence-electron chi connectivity index (χ0n) is 19.1. The van der Waals surface area contributed by atoms with E-state index in [1.165, 1.54) is 0 Å². The van der Waals surface area contributed by atoms with E-state index in [1.807, 2.05) is 58.2 Å². The molecule has 1 fully saturated rings. The highest BCUT2D eigenvalue weighted by atomic mass is 35.5. The number of aryl methyl sites for hydroxylation is 4. The number of halogens is 1. The highest BCUT2D eigenvalue weighted by molar-refractivity contribution is 6.30. The van der Waals surface area contributed by atoms with Crippen molar-refractivity contribution in [3.63, 3.8) is 0 Å². The summed E-state index contributed by atoms with van der Waals surface area (Å²) in [6.07, 6.45) is 1.74. The van der Waals surface area contributed by atoms with Crippen molar-refractivity contribution in [3.8, 4) is 11.3 Å². The van der Waals surface area contributed by atoms with Gasteiger partial charge in [-0.05, 0) is 63.1 Å². The maximum absolute atomic E-state index is 6.22. The van der Waals surface area contributed by atoms with E-state index in [0.717, 1.165) is 39.5 Å². The lowest BCUT2D eigenvalue weighted by Crippen LogP contribution is -2.39. The summed E-state index contributed by atoms with van der Waals surface area (Å²) in [5.74, 6) is 0.628. The standard InChI is InChI=1S/C25H25ClN6O/c1-14-11-19(26)5-6-20(14)22-23-24(29-17(4)16(3)28-23)31-25(30-22)32-9-10-33-21(13-32)18-7-8-27-15(2)12-18/h5-8,11-12,21H,9-10,13H2,1-4H3/t21-/m0/s1. The minimum absolute atomic E-state index is 0.0775. The van der Waals surface area contributed by atoms with Crippen molar-refractivity contribution in [1.29, 1.82) is 0 Å². The van der Waals surface area contributed by atoms with Crippen LogP contribution in [0, 0.1) is 27.7 Å². The zero-order valence-corrected chi connectivity index (χ0v) is 19.9. The molecule has 0 amide bonds. The van der Waals surface area contributed by atoms with Crippen molar-refractivity contribution in [2.75, 3.05) is 24.6 Å². The molecule has 1 atom stereocenters. The van der Waals surface area contributed by atoms with E-state index in [1.54, 1.807) is 0 Å². The van der Waals surface area contributed by atoms with E-state index in [-0.39, 0.29) is 6.10 Å². The molecule has 1 aliphatic heterocycles. The van der Waals surface area contributed by atoms with Crippen molar-refractivity contribution in [2.24, 2.45) is 0 Å². The van der Waals surface area contributed by atoms with Crippen LogP contribution in [-0.4, -0.2) is 44.6 Å². The second-order valence-corrected chi connectivity index (χ2v) is 8.87. The second-order valence-electron chi connectivity index (χ2n) is 8.43. The number of hydrogen-bond acceptors (Lipinski definition) is 7. The van der Waals surface area contributed by atoms with E-state index >= 15 is 0 Å². The van der Waals surface area contributed by atoms with Crippen LogP contribution in [0.2, 0.25) is 5.02 Å². The smallest absolute Gasteiger partial charge is 0.228 e. The molecular weight excluding hydrogens is 436 g/mol. The minimum atomic E-state index is -0.0775. The number of benzene rings is 1. The Bertz CT molecular complexity index is 1360. The molecule has 1 saturated heterocycles. The number of aromatic nitrogens is 5. The summed E-state index contributed by atoms with van der Waals surface area (Å²) in [4.78, 5) is 25.8. The lowest BCUT2D eigenvalue weighted by Gasteiger charge is -2.33. The molecule has 0 aliphatic carbocycles. The number of anilines is 1. The van der Waals surface area contributed by atoms with E-state index in [2.05, 4.69) is 16.0 Å². The van der Waals surface area contributed by atoms with Crippen molar-refractivity contribution in [3.05, 3.63) is 69.8 Å². The van der Waals surface area contributed by atoms with E-state index < -0.39 is 0 Å². The number of pyridine rings is 1. The molecule has 168 valence electrons. The van der Waals surface area contributed by atoms with Crippen LogP contribution >= 0.6 is 11.6 Å². The van der Waals surface area contributed by atoms with Crippen LogP contribution in [0.15, 0.2) is 36.5 Å². The summed E-state index contributed by atoms with van der Waals surface area (Å²) < 4.78 is 6.07. The summed E-state index contributed by atoms with van der Waals surface area (Å²) in [7, 11) is 0. The lowest BCUT2D eigenvalue weighted by molar-refractivity contribution is 0.0391. The normalized spacial score (nSPS) is 16.4. The number of nitrogens with zero attached hydrogens (tertiary/aromatic N) is 6. The van der Waals surface area contributed by atoms with Crippen LogP contribution in [0.1, 0.15) is 34.3 Å². The maximum atomic E-state index is 6.22. The average Bonchev–Trinajstić information content (AvgIpc) is 2.80. The molecular formula is C25H25ClN6O. The predicted octanol–water partition coefficient (Wildman–Crippen LogP) is 4.95. The van der Waals surface area contributed by atoms with Crippen molar-refractivity contribution in [1.82, 2.24) is 24.9 Å². The number of ether oxygens (including phenoxy) is 1. The first-order chi connectivity index (χ1) is 15.9. The average molecular weight is 461 g/mol. The number of morpholine rings is 1. The lowest BCUT2D eigenvalue weighted by atomic mass is 10.0. The highest BCUT2D eigenvalue weighted by Gasteiger charge is 2.26. The monoisotopic (exact) mass is 460 g/mol. The number of fused-ring (bicyclic) bond motifs is 1. The minimum Gasteiger partial charge on any atom is -0.370 e. The maximum Gasteiger partial charge on any atom is 0.228 e. The number of rotatable bonds is 3. The van der Waals surface area contributed by atoms with Crippen molar-refractivity contribution >= 4 is 28.7 Å². The summed E-state index contributed by atoms with van der Waals surface area (Å²) in [6.45, 7) is 9.85. The van der Waals surface area contributed by atoms with Crippen LogP contribution in [0.5, 0.6) is 0 Å². The van der Waals surface area contributed by atoms with Gasteiger partial charge in [-0.2, -0.15) is 4.98 Å². The third kappa shape index (κ3) is 4.26. The Morgan fingerprint density at radius 2 is 1.79 bits per heavy atom. The van der Waals surface area contributed by atoms with Crippen LogP contribution in [0.3, 0.4) is 0 Å². The molecule has 33 heavy (non-hydrogen) atoms. The van der Waals surface area contributed by atoms with Gasteiger partial charge < -0.3 is 9.64 Å². The largest absolute Gasteiger partial charge is 0.370 e. The molecule has 1 aliphatic rings. The first-order valence-corrected chi connectivity index (χ1v) is 11.4. The zero-order chi connectivity index (χ0) is 23.1. The molecule has 0 unspecified atom stereocenters. The van der Waals surface area contributed by atoms with Crippen LogP contribution in [0.25, 0.3) is 22.4 Å². The fourth-order valence-corrected chi connectivity index (χ4v) is 4.35. The Hall–Kier alpha value is -3.16. The van der Waals surface area contributed by atoms with Crippen LogP contribution < -0.4 is 4.90 Å². The van der Waals surface area contributed by atoms with Gasteiger partial charge in [0, 0.05) is 29.0 Å². The SMILES string of the molecule is Cc1cc([C@@H]2CN(c3nc(-c4ccc(Cl)cc4C)c4nc(C)c(C)nc4n3)CCO2)ccn1. The van der Waals surface area contributed by atoms with Gasteiger partial charge in [0.25, 0.3) is 0 Å². The Morgan fingerprint density at radius 1 is 0.970 bits per heavy atom. The van der Waals surface area contributed by atoms with E-state index in [9.17, 15) is 0 Å². The first-order valence-electron chi connectivity index (χ1n) is 11.0. The third-order valence-corrected chi connectivity index (χ3v) is 6.25. The van der Waals surface area contributed by atoms with Gasteiger partial charge in [-0.3, -0.25) is 4.98 Å². The molecule has 4 heterocycles. The fourth-order valence-electron chi connectivity index (χ4n) is 4.12. The molecule has 0 radical (unpaired) electrons. The molecule has 3 aromatic heterocycles. The molecule has 0 saturated carbocycles.